The third kappa shape index (κ3) is 4.31. The fourth-order valence-corrected chi connectivity index (χ4v) is 4.68. The van der Waals surface area contributed by atoms with Gasteiger partial charge in [0.1, 0.15) is 0 Å². The average molecular weight is 472 g/mol. The molecule has 0 saturated carbocycles. The summed E-state index contributed by atoms with van der Waals surface area (Å²) in [5, 5.41) is 23.2. The van der Waals surface area contributed by atoms with Gasteiger partial charge in [0.05, 0.1) is 28.4 Å². The summed E-state index contributed by atoms with van der Waals surface area (Å²) in [4.78, 5) is 22.7. The van der Waals surface area contributed by atoms with E-state index in [-0.39, 0.29) is 29.1 Å². The van der Waals surface area contributed by atoms with Crippen molar-refractivity contribution < 1.29 is 9.21 Å². The number of nitrogens with one attached hydrogen (secondary N) is 1. The first-order valence-corrected chi connectivity index (χ1v) is 11.8. The fraction of sp³-hybridized carbons (Fsp3) is 0.250. The zero-order chi connectivity index (χ0) is 23.5. The van der Waals surface area contributed by atoms with Crippen LogP contribution in [0.25, 0.3) is 33.6 Å². The lowest BCUT2D eigenvalue weighted by Gasteiger charge is -2.13. The van der Waals surface area contributed by atoms with Crippen molar-refractivity contribution in [2.45, 2.75) is 19.3 Å². The number of carbonyl (C=O) groups excluding carboxylic acids is 1. The molecule has 0 amide bonds. The molecule has 0 spiro atoms. The van der Waals surface area contributed by atoms with Gasteiger partial charge in [0.15, 0.2) is 17.3 Å². The lowest BCUT2D eigenvalue weighted by atomic mass is 9.89. The zero-order valence-electron chi connectivity index (χ0n) is 18.2. The van der Waals surface area contributed by atoms with Gasteiger partial charge in [0, 0.05) is 17.0 Å². The van der Waals surface area contributed by atoms with Gasteiger partial charge < -0.3 is 15.5 Å². The first-order valence-electron chi connectivity index (χ1n) is 10.9. The highest BCUT2D eigenvalue weighted by Gasteiger charge is 2.23. The lowest BCUT2D eigenvalue weighted by Crippen LogP contribution is -2.18. The van der Waals surface area contributed by atoms with Crippen molar-refractivity contribution in [3.8, 4) is 39.7 Å². The Morgan fingerprint density at radius 2 is 2.09 bits per heavy atom. The van der Waals surface area contributed by atoms with E-state index in [2.05, 4.69) is 31.6 Å². The number of carbonyl (C=O) groups is 1. The molecular weight excluding hydrogens is 450 g/mol. The van der Waals surface area contributed by atoms with E-state index in [1.807, 2.05) is 17.5 Å². The minimum Gasteiger partial charge on any atom is -0.414 e. The first kappa shape index (κ1) is 21.9. The highest BCUT2D eigenvalue weighted by atomic mass is 32.1. The van der Waals surface area contributed by atoms with Crippen LogP contribution in [0.15, 0.2) is 46.3 Å². The molecule has 10 heteroatoms. The van der Waals surface area contributed by atoms with Crippen LogP contribution < -0.4 is 11.1 Å². The van der Waals surface area contributed by atoms with E-state index in [4.69, 9.17) is 10.2 Å². The Bertz CT molecular complexity index is 1370. The summed E-state index contributed by atoms with van der Waals surface area (Å²) in [6.45, 7) is 1.76. The number of aromatic nitrogens is 4. The van der Waals surface area contributed by atoms with Crippen molar-refractivity contribution in [3.05, 3.63) is 53.0 Å². The minimum absolute atomic E-state index is 0.0367. The molecule has 3 aromatic heterocycles. The summed E-state index contributed by atoms with van der Waals surface area (Å²) in [6, 6.07) is 11.1. The molecule has 9 nitrogen and oxygen atoms in total. The van der Waals surface area contributed by atoms with E-state index in [0.29, 0.717) is 28.3 Å². The predicted molar refractivity (Wildman–Crippen MR) is 128 cm³/mol. The molecule has 1 atom stereocenters. The maximum atomic E-state index is 13.0. The Hall–Kier alpha value is -3.94. The van der Waals surface area contributed by atoms with Crippen LogP contribution in [0.5, 0.6) is 0 Å². The highest BCUT2D eigenvalue weighted by molar-refractivity contribution is 7.13. The van der Waals surface area contributed by atoms with Crippen LogP contribution in [0.2, 0.25) is 0 Å². The second kappa shape index (κ2) is 9.51. The number of nitrogens with two attached hydrogens (primary N) is 1. The van der Waals surface area contributed by atoms with Crippen LogP contribution in [-0.2, 0) is 0 Å². The molecule has 4 heterocycles. The first-order chi connectivity index (χ1) is 16.6. The number of nitrogens with zero attached hydrogens (tertiary/aromatic N) is 5. The molecule has 170 valence electrons. The number of hydrogen-bond donors (Lipinski definition) is 2. The van der Waals surface area contributed by atoms with Crippen LogP contribution in [-0.4, -0.2) is 39.0 Å². The number of benzene rings is 1. The molecule has 0 radical (unpaired) electrons. The smallest absolute Gasteiger partial charge is 0.270 e. The van der Waals surface area contributed by atoms with Crippen molar-refractivity contribution in [1.82, 2.24) is 25.5 Å². The van der Waals surface area contributed by atoms with Crippen LogP contribution in [0, 0.1) is 17.2 Å². The SMILES string of the molecule is N#Cc1cc(C(=O)C2CCCNCC2)ccc1-c1cnc(N)c(-c2nnc(-c3cccs3)o2)n1. The molecule has 0 aliphatic carbocycles. The average Bonchev–Trinajstić information content (AvgIpc) is 3.50. The van der Waals surface area contributed by atoms with Crippen molar-refractivity contribution in [2.24, 2.45) is 5.92 Å². The molecule has 1 aliphatic heterocycles. The van der Waals surface area contributed by atoms with Crippen LogP contribution >= 0.6 is 11.3 Å². The lowest BCUT2D eigenvalue weighted by molar-refractivity contribution is 0.0910. The van der Waals surface area contributed by atoms with E-state index in [9.17, 15) is 10.1 Å². The van der Waals surface area contributed by atoms with Crippen LogP contribution in [0.3, 0.4) is 0 Å². The summed E-state index contributed by atoms with van der Waals surface area (Å²) in [5.41, 5.74) is 8.13. The third-order valence-electron chi connectivity index (χ3n) is 5.81. The highest BCUT2D eigenvalue weighted by Crippen LogP contribution is 2.31. The Morgan fingerprint density at radius 3 is 2.91 bits per heavy atom. The van der Waals surface area contributed by atoms with Gasteiger partial charge in [-0.2, -0.15) is 5.26 Å². The molecule has 1 aromatic carbocycles. The third-order valence-corrected chi connectivity index (χ3v) is 6.67. The molecule has 4 aromatic rings. The Kier molecular flexibility index (Phi) is 6.12. The number of nitrogen functional groups attached to an aromatic ring is 1. The maximum Gasteiger partial charge on any atom is 0.270 e. The standard InChI is InChI=1S/C24H21N7O2S/c25-12-16-11-15(21(32)14-3-1-8-27-9-7-14)5-6-17(16)18-13-28-22(26)20(29-18)24-31-30-23(33-24)19-4-2-10-34-19/h2,4-6,10-11,13-14,27H,1,3,7-9H2,(H2,26,28). The Balaban J connectivity index is 1.47. The van der Waals surface area contributed by atoms with E-state index >= 15 is 0 Å². The molecule has 0 bridgehead atoms. The molecule has 34 heavy (non-hydrogen) atoms. The number of rotatable bonds is 5. The number of thiophene rings is 1. The minimum atomic E-state index is -0.0367. The number of Topliss-reactive ketones (excluding diaryl/α,β-unsaturated/α-hetero) is 1. The molecule has 1 unspecified atom stereocenters. The summed E-state index contributed by atoms with van der Waals surface area (Å²) >= 11 is 1.48. The summed E-state index contributed by atoms with van der Waals surface area (Å²) < 4.78 is 5.76. The molecular formula is C24H21N7O2S. The van der Waals surface area contributed by atoms with Crippen molar-refractivity contribution in [3.63, 3.8) is 0 Å². The molecule has 1 aliphatic rings. The summed E-state index contributed by atoms with van der Waals surface area (Å²) in [5.74, 6) is 0.680. The van der Waals surface area contributed by atoms with E-state index < -0.39 is 0 Å². The van der Waals surface area contributed by atoms with Gasteiger partial charge in [-0.15, -0.1) is 21.5 Å². The van der Waals surface area contributed by atoms with Gasteiger partial charge in [0.2, 0.25) is 0 Å². The molecule has 3 N–H and O–H groups in total. The monoisotopic (exact) mass is 471 g/mol. The van der Waals surface area contributed by atoms with E-state index in [0.717, 1.165) is 37.2 Å². The van der Waals surface area contributed by atoms with E-state index in [1.165, 1.54) is 17.5 Å². The molecule has 1 fully saturated rings. The van der Waals surface area contributed by atoms with Crippen molar-refractivity contribution in [2.75, 3.05) is 18.8 Å². The van der Waals surface area contributed by atoms with Crippen molar-refractivity contribution >= 4 is 22.9 Å². The molecule has 1 saturated heterocycles. The van der Waals surface area contributed by atoms with Gasteiger partial charge in [-0.25, -0.2) is 9.97 Å². The normalized spacial score (nSPS) is 16.0. The fourth-order valence-electron chi connectivity index (χ4n) is 4.03. The van der Waals surface area contributed by atoms with Gasteiger partial charge in [-0.1, -0.05) is 18.2 Å². The Labute approximate surface area is 199 Å². The van der Waals surface area contributed by atoms with Gasteiger partial charge >= 0.3 is 0 Å². The van der Waals surface area contributed by atoms with Gasteiger partial charge in [-0.3, -0.25) is 4.79 Å². The van der Waals surface area contributed by atoms with Gasteiger partial charge in [0.25, 0.3) is 11.8 Å². The van der Waals surface area contributed by atoms with Crippen LogP contribution in [0.4, 0.5) is 5.82 Å². The van der Waals surface area contributed by atoms with Crippen LogP contribution in [0.1, 0.15) is 35.2 Å². The van der Waals surface area contributed by atoms with E-state index in [1.54, 1.807) is 18.2 Å². The number of anilines is 1. The molecule has 5 rings (SSSR count). The maximum absolute atomic E-state index is 13.0. The second-order valence-corrected chi connectivity index (χ2v) is 8.94. The topological polar surface area (TPSA) is 144 Å². The predicted octanol–water partition coefficient (Wildman–Crippen LogP) is 3.95. The van der Waals surface area contributed by atoms with Gasteiger partial charge in [-0.05, 0) is 49.9 Å². The second-order valence-electron chi connectivity index (χ2n) is 7.99. The number of hydrogen-bond acceptors (Lipinski definition) is 10. The quantitative estimate of drug-likeness (QED) is 0.413. The number of nitriles is 1. The zero-order valence-corrected chi connectivity index (χ0v) is 19.0. The summed E-state index contributed by atoms with van der Waals surface area (Å²) in [7, 11) is 0. The number of ketones is 1. The largest absolute Gasteiger partial charge is 0.414 e. The Morgan fingerprint density at radius 1 is 1.21 bits per heavy atom. The summed E-state index contributed by atoms with van der Waals surface area (Å²) in [6.07, 6.45) is 4.10. The van der Waals surface area contributed by atoms with Crippen molar-refractivity contribution in [1.29, 1.82) is 5.26 Å².